The van der Waals surface area contributed by atoms with Crippen LogP contribution in [0.3, 0.4) is 0 Å². The maximum absolute atomic E-state index is 2.50. The largest absolute Gasteiger partial charge is 0.135 e. The Morgan fingerprint density at radius 3 is 1.93 bits per heavy atom. The van der Waals surface area contributed by atoms with Gasteiger partial charge in [-0.1, -0.05) is 153 Å². The van der Waals surface area contributed by atoms with E-state index >= 15 is 0 Å². The van der Waals surface area contributed by atoms with Gasteiger partial charge in [0, 0.05) is 31.0 Å². The summed E-state index contributed by atoms with van der Waals surface area (Å²) >= 11 is 1.92. The van der Waals surface area contributed by atoms with E-state index in [4.69, 9.17) is 0 Å². The maximum atomic E-state index is 2.50. The van der Waals surface area contributed by atoms with Gasteiger partial charge in [0.15, 0.2) is 0 Å². The Kier molecular flexibility index (Phi) is 6.78. The monoisotopic (exact) mass is 730 g/mol. The van der Waals surface area contributed by atoms with Crippen molar-refractivity contribution in [3.8, 4) is 44.5 Å². The lowest BCUT2D eigenvalue weighted by Crippen LogP contribution is -2.31. The number of rotatable bonds is 3. The summed E-state index contributed by atoms with van der Waals surface area (Å²) < 4.78 is 2.74. The third-order valence-corrected chi connectivity index (χ3v) is 14.1. The standard InChI is InChI=1S/C55H38S/c1-55(2)49-28-26-35(30-47(49)48-32-46-36(31-50(48)55)25-27-45-39-18-9-10-24-51(39)56-54(45)46)34-15-11-16-37(29-34)52-41-19-5-7-21-43(41)53(44-22-8-6-20-42(44)52)40-23-12-14-33-13-3-4-17-38(33)40/h3-5,7,9-32H,6,8H2,1-2H3. The van der Waals surface area contributed by atoms with Crippen molar-refractivity contribution in [3.05, 3.63) is 179 Å². The zero-order valence-corrected chi connectivity index (χ0v) is 32.3. The van der Waals surface area contributed by atoms with Crippen LogP contribution in [-0.4, -0.2) is 0 Å². The molecule has 9 aromatic carbocycles. The SMILES string of the molecule is CC1(C)c2ccc(-c3cccc(-c4c5c(c(-c6cccc7ccccc67)c6ccccc46)=CCCC=5)c3)cc2-c2cc3c(ccc4c5ccccc5sc34)cc21. The molecule has 0 saturated heterocycles. The summed E-state index contributed by atoms with van der Waals surface area (Å²) in [6.07, 6.45) is 7.08. The summed E-state index contributed by atoms with van der Waals surface area (Å²) in [5, 5.41) is 13.3. The number of hydrogen-bond donors (Lipinski definition) is 0. The summed E-state index contributed by atoms with van der Waals surface area (Å²) in [5.41, 5.74) is 13.3. The molecule has 2 aliphatic rings. The molecule has 12 rings (SSSR count). The molecule has 0 bridgehead atoms. The smallest absolute Gasteiger partial charge is 0.0434 e. The molecule has 1 heterocycles. The molecule has 56 heavy (non-hydrogen) atoms. The molecular weight excluding hydrogens is 693 g/mol. The molecule has 2 aliphatic carbocycles. The van der Waals surface area contributed by atoms with Crippen molar-refractivity contribution < 1.29 is 0 Å². The molecule has 0 saturated carbocycles. The molecule has 0 fully saturated rings. The lowest BCUT2D eigenvalue weighted by Gasteiger charge is -2.22. The van der Waals surface area contributed by atoms with E-state index in [0.717, 1.165) is 12.8 Å². The summed E-state index contributed by atoms with van der Waals surface area (Å²) in [4.78, 5) is 0. The summed E-state index contributed by atoms with van der Waals surface area (Å²) in [6, 6.07) is 59.6. The quantitative estimate of drug-likeness (QED) is 0.170. The third-order valence-electron chi connectivity index (χ3n) is 12.9. The fourth-order valence-corrected chi connectivity index (χ4v) is 11.4. The molecule has 10 aromatic rings. The van der Waals surface area contributed by atoms with Crippen LogP contribution in [0, 0.1) is 0 Å². The molecule has 0 nitrogen and oxygen atoms in total. The highest BCUT2D eigenvalue weighted by atomic mass is 32.1. The topological polar surface area (TPSA) is 0 Å². The molecule has 1 heteroatoms. The molecule has 0 atom stereocenters. The average Bonchev–Trinajstić information content (AvgIpc) is 3.73. The van der Waals surface area contributed by atoms with Crippen LogP contribution < -0.4 is 10.4 Å². The zero-order chi connectivity index (χ0) is 37.1. The number of fused-ring (bicyclic) bond motifs is 11. The van der Waals surface area contributed by atoms with Gasteiger partial charge in [-0.25, -0.2) is 0 Å². The first-order valence-electron chi connectivity index (χ1n) is 19.9. The molecule has 0 radical (unpaired) electrons. The third kappa shape index (κ3) is 4.53. The maximum Gasteiger partial charge on any atom is 0.0434 e. The second kappa shape index (κ2) is 11.9. The molecule has 0 aliphatic heterocycles. The van der Waals surface area contributed by atoms with Crippen LogP contribution in [0.1, 0.15) is 37.8 Å². The molecular formula is C55H38S. The minimum Gasteiger partial charge on any atom is -0.135 e. The van der Waals surface area contributed by atoms with E-state index in [2.05, 4.69) is 184 Å². The summed E-state index contributed by atoms with van der Waals surface area (Å²) in [6.45, 7) is 4.79. The fourth-order valence-electron chi connectivity index (χ4n) is 10.2. The van der Waals surface area contributed by atoms with Gasteiger partial charge in [0.05, 0.1) is 0 Å². The molecule has 0 amide bonds. The highest BCUT2D eigenvalue weighted by Gasteiger charge is 2.36. The van der Waals surface area contributed by atoms with Crippen molar-refractivity contribution >= 4 is 76.0 Å². The van der Waals surface area contributed by atoms with Crippen LogP contribution in [0.2, 0.25) is 0 Å². The molecule has 264 valence electrons. The average molecular weight is 731 g/mol. The van der Waals surface area contributed by atoms with E-state index in [1.54, 1.807) is 0 Å². The van der Waals surface area contributed by atoms with Crippen LogP contribution in [-0.2, 0) is 5.41 Å². The summed E-state index contributed by atoms with van der Waals surface area (Å²) in [5.74, 6) is 0. The zero-order valence-electron chi connectivity index (χ0n) is 31.5. The van der Waals surface area contributed by atoms with Crippen molar-refractivity contribution in [1.82, 2.24) is 0 Å². The Labute approximate surface area is 330 Å². The first kappa shape index (κ1) is 32.0. The van der Waals surface area contributed by atoms with Gasteiger partial charge in [-0.15, -0.1) is 11.3 Å². The van der Waals surface area contributed by atoms with Crippen LogP contribution in [0.25, 0.3) is 109 Å². The van der Waals surface area contributed by atoms with Gasteiger partial charge in [0.1, 0.15) is 0 Å². The van der Waals surface area contributed by atoms with Gasteiger partial charge >= 0.3 is 0 Å². The minimum absolute atomic E-state index is 0.0789. The Morgan fingerprint density at radius 1 is 0.411 bits per heavy atom. The Hall–Kier alpha value is -6.28. The van der Waals surface area contributed by atoms with Crippen molar-refractivity contribution in [1.29, 1.82) is 0 Å². The van der Waals surface area contributed by atoms with Crippen molar-refractivity contribution in [3.63, 3.8) is 0 Å². The van der Waals surface area contributed by atoms with Gasteiger partial charge in [0.2, 0.25) is 0 Å². The molecule has 0 spiro atoms. The van der Waals surface area contributed by atoms with Crippen LogP contribution >= 0.6 is 11.3 Å². The fraction of sp³-hybridized carbons (Fsp3) is 0.0909. The van der Waals surface area contributed by atoms with Crippen molar-refractivity contribution in [2.24, 2.45) is 0 Å². The summed E-state index contributed by atoms with van der Waals surface area (Å²) in [7, 11) is 0. The van der Waals surface area contributed by atoms with Gasteiger partial charge in [-0.05, 0) is 136 Å². The van der Waals surface area contributed by atoms with Crippen LogP contribution in [0.4, 0.5) is 0 Å². The normalized spacial score (nSPS) is 14.2. The Morgan fingerprint density at radius 2 is 1.07 bits per heavy atom. The predicted octanol–water partition coefficient (Wildman–Crippen LogP) is 14.2. The van der Waals surface area contributed by atoms with E-state index in [1.165, 1.54) is 119 Å². The lowest BCUT2D eigenvalue weighted by atomic mass is 9.81. The van der Waals surface area contributed by atoms with Gasteiger partial charge in [-0.2, -0.15) is 0 Å². The Bertz CT molecular complexity index is 3440. The van der Waals surface area contributed by atoms with Gasteiger partial charge < -0.3 is 0 Å². The van der Waals surface area contributed by atoms with Crippen LogP contribution in [0.5, 0.6) is 0 Å². The number of thiophene rings is 1. The first-order chi connectivity index (χ1) is 27.5. The van der Waals surface area contributed by atoms with Gasteiger partial charge in [-0.3, -0.25) is 0 Å². The van der Waals surface area contributed by atoms with E-state index in [9.17, 15) is 0 Å². The van der Waals surface area contributed by atoms with Crippen molar-refractivity contribution in [2.45, 2.75) is 32.1 Å². The molecule has 0 N–H and O–H groups in total. The van der Waals surface area contributed by atoms with E-state index in [0.29, 0.717) is 0 Å². The van der Waals surface area contributed by atoms with Crippen LogP contribution in [0.15, 0.2) is 158 Å². The van der Waals surface area contributed by atoms with Crippen molar-refractivity contribution in [2.75, 3.05) is 0 Å². The number of hydrogen-bond acceptors (Lipinski definition) is 1. The molecule has 1 aromatic heterocycles. The Balaban J connectivity index is 1.04. The van der Waals surface area contributed by atoms with E-state index in [1.807, 2.05) is 11.3 Å². The molecule has 0 unspecified atom stereocenters. The second-order valence-corrected chi connectivity index (χ2v) is 17.3. The lowest BCUT2D eigenvalue weighted by molar-refractivity contribution is 0.661. The van der Waals surface area contributed by atoms with Gasteiger partial charge in [0.25, 0.3) is 0 Å². The highest BCUT2D eigenvalue weighted by Crippen LogP contribution is 2.52. The number of benzene rings is 9. The highest BCUT2D eigenvalue weighted by molar-refractivity contribution is 7.26. The van der Waals surface area contributed by atoms with E-state index < -0.39 is 0 Å². The second-order valence-electron chi connectivity index (χ2n) is 16.3. The van der Waals surface area contributed by atoms with E-state index in [-0.39, 0.29) is 5.41 Å². The minimum atomic E-state index is -0.0789. The first-order valence-corrected chi connectivity index (χ1v) is 20.7. The predicted molar refractivity (Wildman–Crippen MR) is 243 cm³/mol.